The summed E-state index contributed by atoms with van der Waals surface area (Å²) < 4.78 is 0.750. The highest BCUT2D eigenvalue weighted by molar-refractivity contribution is 9.10. The van der Waals surface area contributed by atoms with E-state index in [4.69, 9.17) is 0 Å². The van der Waals surface area contributed by atoms with Crippen molar-refractivity contribution >= 4 is 15.9 Å². The summed E-state index contributed by atoms with van der Waals surface area (Å²) in [6, 6.07) is 9.87. The number of aromatic hydroxyl groups is 2. The molecule has 4 rings (SSSR count). The maximum atomic E-state index is 10.1. The van der Waals surface area contributed by atoms with E-state index >= 15 is 0 Å². The van der Waals surface area contributed by atoms with Gasteiger partial charge in [-0.05, 0) is 75.3 Å². The van der Waals surface area contributed by atoms with Crippen molar-refractivity contribution in [2.45, 2.75) is 31.3 Å². The quantitative estimate of drug-likeness (QED) is 0.685. The molecule has 3 nitrogen and oxygen atoms in total. The minimum absolute atomic E-state index is 0.198. The number of phenols is 2. The standard InChI is InChI=1S/C17H16BrNO2/c18-14-5-9-2-4-15-17(13(9)7-16(14)21)12-6-11(20)3-1-10(12)8-19-15/h1,3,5-7,15,17,19-21H,2,4,8H2/t15-,17-/m0/s1. The maximum absolute atomic E-state index is 10.1. The van der Waals surface area contributed by atoms with Gasteiger partial charge < -0.3 is 15.5 Å². The van der Waals surface area contributed by atoms with E-state index in [9.17, 15) is 10.2 Å². The van der Waals surface area contributed by atoms with Crippen LogP contribution >= 0.6 is 15.9 Å². The SMILES string of the molecule is Oc1ccc2c(c1)[C@H]1c3cc(O)c(Br)cc3CC[C@@H]1NC2. The molecular formula is C17H16BrNO2. The molecule has 0 amide bonds. The van der Waals surface area contributed by atoms with Crippen molar-refractivity contribution in [2.24, 2.45) is 0 Å². The van der Waals surface area contributed by atoms with E-state index in [1.807, 2.05) is 24.3 Å². The molecule has 1 aliphatic carbocycles. The first-order valence-corrected chi connectivity index (χ1v) is 7.99. The van der Waals surface area contributed by atoms with E-state index in [-0.39, 0.29) is 11.7 Å². The molecule has 0 saturated heterocycles. The Morgan fingerprint density at radius 2 is 1.86 bits per heavy atom. The molecule has 2 aliphatic rings. The first-order valence-electron chi connectivity index (χ1n) is 7.20. The number of hydrogen-bond donors (Lipinski definition) is 3. The molecule has 21 heavy (non-hydrogen) atoms. The average molecular weight is 346 g/mol. The van der Waals surface area contributed by atoms with Gasteiger partial charge in [0.1, 0.15) is 11.5 Å². The van der Waals surface area contributed by atoms with Crippen LogP contribution in [0.25, 0.3) is 0 Å². The van der Waals surface area contributed by atoms with Gasteiger partial charge in [0.05, 0.1) is 4.47 Å². The average Bonchev–Trinajstić information content (AvgIpc) is 2.48. The molecule has 2 aromatic rings. The summed E-state index contributed by atoms with van der Waals surface area (Å²) in [6.07, 6.45) is 2.08. The molecule has 0 radical (unpaired) electrons. The molecule has 108 valence electrons. The molecule has 1 heterocycles. The van der Waals surface area contributed by atoms with Crippen molar-refractivity contribution in [3.05, 3.63) is 57.1 Å². The van der Waals surface area contributed by atoms with Gasteiger partial charge in [-0.15, -0.1) is 0 Å². The van der Waals surface area contributed by atoms with Crippen molar-refractivity contribution in [3.63, 3.8) is 0 Å². The number of aryl methyl sites for hydroxylation is 1. The summed E-state index contributed by atoms with van der Waals surface area (Å²) in [6.45, 7) is 0.842. The van der Waals surface area contributed by atoms with Crippen LogP contribution in [0.5, 0.6) is 11.5 Å². The summed E-state index contributed by atoms with van der Waals surface area (Å²) in [4.78, 5) is 0. The van der Waals surface area contributed by atoms with Crippen LogP contribution in [0.15, 0.2) is 34.8 Å². The van der Waals surface area contributed by atoms with Crippen molar-refractivity contribution in [2.75, 3.05) is 0 Å². The Bertz CT molecular complexity index is 729. The second-order valence-electron chi connectivity index (χ2n) is 5.89. The lowest BCUT2D eigenvalue weighted by Gasteiger charge is -2.39. The maximum Gasteiger partial charge on any atom is 0.130 e. The van der Waals surface area contributed by atoms with Crippen molar-refractivity contribution < 1.29 is 10.2 Å². The largest absolute Gasteiger partial charge is 0.508 e. The normalized spacial score (nSPS) is 23.1. The summed E-state index contributed by atoms with van der Waals surface area (Å²) in [7, 11) is 0. The topological polar surface area (TPSA) is 52.5 Å². The number of benzene rings is 2. The lowest BCUT2D eigenvalue weighted by Crippen LogP contribution is -2.42. The zero-order valence-electron chi connectivity index (χ0n) is 11.4. The molecule has 4 heteroatoms. The van der Waals surface area contributed by atoms with E-state index in [0.29, 0.717) is 11.8 Å². The lowest BCUT2D eigenvalue weighted by atomic mass is 9.72. The van der Waals surface area contributed by atoms with Gasteiger partial charge in [-0.1, -0.05) is 6.07 Å². The number of fused-ring (bicyclic) bond motifs is 5. The van der Waals surface area contributed by atoms with E-state index in [2.05, 4.69) is 21.2 Å². The predicted molar refractivity (Wildman–Crippen MR) is 84.7 cm³/mol. The Morgan fingerprint density at radius 3 is 2.71 bits per heavy atom. The molecule has 0 saturated carbocycles. The Labute approximate surface area is 131 Å². The predicted octanol–water partition coefficient (Wildman–Crippen LogP) is 3.41. The number of nitrogens with one attached hydrogen (secondary N) is 1. The zero-order chi connectivity index (χ0) is 14.6. The van der Waals surface area contributed by atoms with Crippen molar-refractivity contribution in [1.29, 1.82) is 0 Å². The highest BCUT2D eigenvalue weighted by atomic mass is 79.9. The number of rotatable bonds is 0. The highest BCUT2D eigenvalue weighted by Gasteiger charge is 2.35. The van der Waals surface area contributed by atoms with Gasteiger partial charge in [-0.3, -0.25) is 0 Å². The summed E-state index contributed by atoms with van der Waals surface area (Å²) in [5.74, 6) is 0.785. The first kappa shape index (κ1) is 13.2. The minimum atomic E-state index is 0.198. The summed E-state index contributed by atoms with van der Waals surface area (Å²) >= 11 is 3.40. The number of phenolic OH excluding ortho intramolecular Hbond substituents is 2. The molecule has 0 unspecified atom stereocenters. The molecule has 2 atom stereocenters. The number of hydrogen-bond acceptors (Lipinski definition) is 3. The molecule has 0 aromatic heterocycles. The van der Waals surface area contributed by atoms with Crippen LogP contribution in [-0.4, -0.2) is 16.3 Å². The third-order valence-electron chi connectivity index (χ3n) is 4.69. The Balaban J connectivity index is 1.92. The fraction of sp³-hybridized carbons (Fsp3) is 0.294. The third-order valence-corrected chi connectivity index (χ3v) is 5.33. The first-order chi connectivity index (χ1) is 10.1. The van der Waals surface area contributed by atoms with Crippen LogP contribution in [0.3, 0.4) is 0 Å². The minimum Gasteiger partial charge on any atom is -0.508 e. The molecule has 1 aliphatic heterocycles. The van der Waals surface area contributed by atoms with Crippen LogP contribution in [0, 0.1) is 0 Å². The lowest BCUT2D eigenvalue weighted by molar-refractivity contribution is 0.388. The third kappa shape index (κ3) is 2.05. The number of halogens is 1. The van der Waals surface area contributed by atoms with E-state index in [0.717, 1.165) is 23.9 Å². The highest BCUT2D eigenvalue weighted by Crippen LogP contribution is 2.44. The van der Waals surface area contributed by atoms with Crippen LogP contribution in [-0.2, 0) is 13.0 Å². The fourth-order valence-corrected chi connectivity index (χ4v) is 4.09. The summed E-state index contributed by atoms with van der Waals surface area (Å²) in [5, 5.41) is 23.5. The van der Waals surface area contributed by atoms with E-state index in [1.165, 1.54) is 22.3 Å². The second-order valence-corrected chi connectivity index (χ2v) is 6.74. The van der Waals surface area contributed by atoms with E-state index < -0.39 is 0 Å². The van der Waals surface area contributed by atoms with Gasteiger partial charge in [0, 0.05) is 18.5 Å². The van der Waals surface area contributed by atoms with Crippen LogP contribution in [0.2, 0.25) is 0 Å². The Morgan fingerprint density at radius 1 is 1.05 bits per heavy atom. The fourth-order valence-electron chi connectivity index (χ4n) is 3.70. The zero-order valence-corrected chi connectivity index (χ0v) is 13.0. The van der Waals surface area contributed by atoms with Gasteiger partial charge in [-0.2, -0.15) is 0 Å². The molecular weight excluding hydrogens is 330 g/mol. The second kappa shape index (κ2) is 4.75. The van der Waals surface area contributed by atoms with Crippen molar-refractivity contribution in [3.8, 4) is 11.5 Å². The van der Waals surface area contributed by atoms with Gasteiger partial charge in [0.25, 0.3) is 0 Å². The molecule has 0 spiro atoms. The molecule has 0 fully saturated rings. The van der Waals surface area contributed by atoms with Gasteiger partial charge in [0.2, 0.25) is 0 Å². The van der Waals surface area contributed by atoms with E-state index in [1.54, 1.807) is 6.07 Å². The Kier molecular flexibility index (Phi) is 2.98. The molecule has 2 aromatic carbocycles. The summed E-state index contributed by atoms with van der Waals surface area (Å²) in [5.41, 5.74) is 4.86. The van der Waals surface area contributed by atoms with Crippen LogP contribution in [0.1, 0.15) is 34.6 Å². The monoisotopic (exact) mass is 345 g/mol. The van der Waals surface area contributed by atoms with Crippen molar-refractivity contribution in [1.82, 2.24) is 5.32 Å². The molecule has 0 bridgehead atoms. The van der Waals surface area contributed by atoms with Crippen LogP contribution in [0.4, 0.5) is 0 Å². The molecule has 3 N–H and O–H groups in total. The van der Waals surface area contributed by atoms with Gasteiger partial charge >= 0.3 is 0 Å². The van der Waals surface area contributed by atoms with Gasteiger partial charge in [-0.25, -0.2) is 0 Å². The smallest absolute Gasteiger partial charge is 0.130 e. The Hall–Kier alpha value is -1.52. The van der Waals surface area contributed by atoms with Gasteiger partial charge in [0.15, 0.2) is 0 Å². The van der Waals surface area contributed by atoms with Crippen LogP contribution < -0.4 is 5.32 Å².